The lowest BCUT2D eigenvalue weighted by atomic mass is 9.81. The number of nitrogens with one attached hydrogen (secondary N) is 2. The number of likely N-dealkylation sites (N-methyl/N-ethyl adjacent to an activating group) is 1. The number of amides is 1. The largest absolute Gasteiger partial charge is 0.379 e. The van der Waals surface area contributed by atoms with Gasteiger partial charge in [-0.05, 0) is 19.8 Å². The summed E-state index contributed by atoms with van der Waals surface area (Å²) in [4.78, 5) is 19.0. The molecule has 2 aromatic rings. The third-order valence-corrected chi connectivity index (χ3v) is 6.09. The van der Waals surface area contributed by atoms with Crippen molar-refractivity contribution in [2.45, 2.75) is 57.8 Å². The SMILES string of the molecule is COC(C)C1C(=O)Nc2c(cc(NCc3cnn(CC4CC(F)(F)C4)c3)nc2C)N1C. The average Bonchev–Trinajstić information content (AvgIpc) is 3.13. The molecule has 1 aliphatic heterocycles. The third kappa shape index (κ3) is 4.34. The van der Waals surface area contributed by atoms with Crippen molar-refractivity contribution in [2.24, 2.45) is 5.92 Å². The highest BCUT2D eigenvalue weighted by Crippen LogP contribution is 2.43. The van der Waals surface area contributed by atoms with Crippen LogP contribution in [0.25, 0.3) is 0 Å². The summed E-state index contributed by atoms with van der Waals surface area (Å²) in [6.45, 7) is 4.72. The molecule has 2 unspecified atom stereocenters. The molecule has 2 aliphatic rings. The minimum Gasteiger partial charge on any atom is -0.379 e. The van der Waals surface area contributed by atoms with Gasteiger partial charge in [0.1, 0.15) is 11.9 Å². The lowest BCUT2D eigenvalue weighted by molar-refractivity contribution is -0.120. The fourth-order valence-corrected chi connectivity index (χ4v) is 4.33. The first-order valence-electron chi connectivity index (χ1n) is 10.4. The van der Waals surface area contributed by atoms with E-state index in [4.69, 9.17) is 4.74 Å². The van der Waals surface area contributed by atoms with Crippen molar-refractivity contribution in [3.05, 3.63) is 29.7 Å². The number of aromatic nitrogens is 3. The quantitative estimate of drug-likeness (QED) is 0.697. The lowest BCUT2D eigenvalue weighted by Gasteiger charge is -2.38. The highest BCUT2D eigenvalue weighted by atomic mass is 19.3. The van der Waals surface area contributed by atoms with Crippen molar-refractivity contribution in [2.75, 3.05) is 29.7 Å². The van der Waals surface area contributed by atoms with Gasteiger partial charge in [-0.3, -0.25) is 9.48 Å². The summed E-state index contributed by atoms with van der Waals surface area (Å²) in [5.74, 6) is -1.97. The molecule has 0 spiro atoms. The van der Waals surface area contributed by atoms with Gasteiger partial charge in [0, 0.05) is 57.9 Å². The molecule has 2 atom stereocenters. The number of carbonyl (C=O) groups is 1. The number of alkyl halides is 2. The van der Waals surface area contributed by atoms with Crippen molar-refractivity contribution in [1.82, 2.24) is 14.8 Å². The highest BCUT2D eigenvalue weighted by molar-refractivity contribution is 6.04. The smallest absolute Gasteiger partial charge is 0.249 e. The van der Waals surface area contributed by atoms with Gasteiger partial charge in [0.05, 0.1) is 29.4 Å². The van der Waals surface area contributed by atoms with Gasteiger partial charge >= 0.3 is 0 Å². The molecule has 4 rings (SSSR count). The van der Waals surface area contributed by atoms with Gasteiger partial charge in [0.25, 0.3) is 0 Å². The number of halogens is 2. The molecule has 0 bridgehead atoms. The van der Waals surface area contributed by atoms with Crippen LogP contribution in [0.1, 0.15) is 31.0 Å². The van der Waals surface area contributed by atoms with E-state index in [0.717, 1.165) is 11.3 Å². The van der Waals surface area contributed by atoms with E-state index in [1.165, 1.54) is 0 Å². The Hall–Kier alpha value is -2.75. The molecule has 1 fully saturated rings. The van der Waals surface area contributed by atoms with E-state index < -0.39 is 12.0 Å². The fraction of sp³-hybridized carbons (Fsp3) is 0.571. The molecule has 10 heteroatoms. The molecule has 1 saturated carbocycles. The van der Waals surface area contributed by atoms with Crippen LogP contribution in [0, 0.1) is 12.8 Å². The van der Waals surface area contributed by atoms with Gasteiger partial charge in [0.15, 0.2) is 0 Å². The number of pyridine rings is 1. The van der Waals surface area contributed by atoms with Crippen LogP contribution in [0.3, 0.4) is 0 Å². The summed E-state index contributed by atoms with van der Waals surface area (Å²) in [5.41, 5.74) is 3.22. The molecule has 2 aromatic heterocycles. The topological polar surface area (TPSA) is 84.3 Å². The molecule has 3 heterocycles. The molecule has 0 saturated heterocycles. The molecule has 31 heavy (non-hydrogen) atoms. The molecule has 2 N–H and O–H groups in total. The van der Waals surface area contributed by atoms with Crippen LogP contribution in [0.4, 0.5) is 26.0 Å². The van der Waals surface area contributed by atoms with E-state index in [0.29, 0.717) is 30.3 Å². The Morgan fingerprint density at radius 2 is 2.16 bits per heavy atom. The van der Waals surface area contributed by atoms with Crippen molar-refractivity contribution in [1.29, 1.82) is 0 Å². The number of ether oxygens (including phenoxy) is 1. The predicted octanol–water partition coefficient (Wildman–Crippen LogP) is 3.04. The zero-order valence-electron chi connectivity index (χ0n) is 18.2. The Balaban J connectivity index is 1.43. The zero-order valence-corrected chi connectivity index (χ0v) is 18.2. The number of carbonyl (C=O) groups excluding carboxylic acids is 1. The monoisotopic (exact) mass is 434 g/mol. The number of methoxy groups -OCH3 is 1. The maximum Gasteiger partial charge on any atom is 0.249 e. The second-order valence-corrected chi connectivity index (χ2v) is 8.53. The summed E-state index contributed by atoms with van der Waals surface area (Å²) >= 11 is 0. The van der Waals surface area contributed by atoms with Gasteiger partial charge in [-0.2, -0.15) is 5.10 Å². The minimum absolute atomic E-state index is 0.0196. The Bertz CT molecular complexity index is 971. The van der Waals surface area contributed by atoms with Crippen LogP contribution in [0.5, 0.6) is 0 Å². The van der Waals surface area contributed by atoms with Gasteiger partial charge in [0.2, 0.25) is 11.8 Å². The van der Waals surface area contributed by atoms with Gasteiger partial charge in [-0.1, -0.05) is 0 Å². The Morgan fingerprint density at radius 1 is 1.42 bits per heavy atom. The summed E-state index contributed by atoms with van der Waals surface area (Å²) in [6, 6.07) is 1.46. The highest BCUT2D eigenvalue weighted by Gasteiger charge is 2.45. The minimum atomic E-state index is -2.51. The molecular formula is C21H28F2N6O2. The van der Waals surface area contributed by atoms with Crippen LogP contribution in [0.15, 0.2) is 18.5 Å². The predicted molar refractivity (Wildman–Crippen MR) is 113 cm³/mol. The zero-order chi connectivity index (χ0) is 22.3. The Labute approximate surface area is 180 Å². The van der Waals surface area contributed by atoms with E-state index in [1.54, 1.807) is 18.0 Å². The number of hydrogen-bond acceptors (Lipinski definition) is 6. The second-order valence-electron chi connectivity index (χ2n) is 8.53. The summed E-state index contributed by atoms with van der Waals surface area (Å²) in [5, 5.41) is 10.5. The van der Waals surface area contributed by atoms with Crippen LogP contribution in [0.2, 0.25) is 0 Å². The Morgan fingerprint density at radius 3 is 2.84 bits per heavy atom. The van der Waals surface area contributed by atoms with Crippen molar-refractivity contribution >= 4 is 23.1 Å². The maximum atomic E-state index is 13.0. The molecule has 8 nitrogen and oxygen atoms in total. The molecule has 168 valence electrons. The average molecular weight is 434 g/mol. The van der Waals surface area contributed by atoms with Gasteiger partial charge < -0.3 is 20.3 Å². The van der Waals surface area contributed by atoms with Crippen LogP contribution in [-0.4, -0.2) is 52.9 Å². The third-order valence-electron chi connectivity index (χ3n) is 6.09. The van der Waals surface area contributed by atoms with E-state index in [1.807, 2.05) is 38.1 Å². The van der Waals surface area contributed by atoms with E-state index in [-0.39, 0.29) is 30.8 Å². The number of hydrogen-bond donors (Lipinski definition) is 2. The fourth-order valence-electron chi connectivity index (χ4n) is 4.33. The summed E-state index contributed by atoms with van der Waals surface area (Å²) in [7, 11) is 3.46. The van der Waals surface area contributed by atoms with E-state index in [2.05, 4.69) is 20.7 Å². The molecular weight excluding hydrogens is 406 g/mol. The normalized spacial score (nSPS) is 21.3. The standard InChI is InChI=1S/C21H28F2N6O2/c1-12-18-16(28(3)19(13(2)31-4)20(30)27-18)5-17(26-12)24-8-15-9-25-29(11-15)10-14-6-21(22,23)7-14/h5,9,11,13-14,19H,6-8,10H2,1-4H3,(H,24,26)(H,27,30). The van der Waals surface area contributed by atoms with E-state index >= 15 is 0 Å². The first-order chi connectivity index (χ1) is 14.7. The van der Waals surface area contributed by atoms with E-state index in [9.17, 15) is 13.6 Å². The molecule has 1 amide bonds. The first kappa shape index (κ1) is 21.5. The molecule has 0 radical (unpaired) electrons. The number of anilines is 3. The van der Waals surface area contributed by atoms with Crippen molar-refractivity contribution in [3.8, 4) is 0 Å². The number of rotatable bonds is 7. The first-order valence-corrected chi connectivity index (χ1v) is 10.4. The molecule has 0 aromatic carbocycles. The van der Waals surface area contributed by atoms with Crippen LogP contribution >= 0.6 is 0 Å². The van der Waals surface area contributed by atoms with Crippen molar-refractivity contribution in [3.63, 3.8) is 0 Å². The summed E-state index contributed by atoms with van der Waals surface area (Å²) < 4.78 is 33.1. The van der Waals surface area contributed by atoms with Crippen molar-refractivity contribution < 1.29 is 18.3 Å². The second kappa shape index (κ2) is 8.07. The lowest BCUT2D eigenvalue weighted by Crippen LogP contribution is -2.52. The van der Waals surface area contributed by atoms with Gasteiger partial charge in [-0.15, -0.1) is 0 Å². The molecule has 1 aliphatic carbocycles. The summed E-state index contributed by atoms with van der Waals surface area (Å²) in [6.07, 6.45) is 3.20. The van der Waals surface area contributed by atoms with Crippen LogP contribution in [-0.2, 0) is 22.6 Å². The Kier molecular flexibility index (Phi) is 5.59. The number of fused-ring (bicyclic) bond motifs is 1. The maximum absolute atomic E-state index is 13.0. The number of nitrogens with zero attached hydrogens (tertiary/aromatic N) is 4. The van der Waals surface area contributed by atoms with Gasteiger partial charge in [-0.25, -0.2) is 13.8 Å². The van der Waals surface area contributed by atoms with Crippen LogP contribution < -0.4 is 15.5 Å². The number of aryl methyl sites for hydroxylation is 1.